The van der Waals surface area contributed by atoms with Crippen LogP contribution in [0.3, 0.4) is 0 Å². The van der Waals surface area contributed by atoms with E-state index in [0.717, 1.165) is 31.6 Å². The van der Waals surface area contributed by atoms with Crippen molar-refractivity contribution < 1.29 is 18.0 Å². The van der Waals surface area contributed by atoms with Crippen LogP contribution >= 0.6 is 0 Å². The van der Waals surface area contributed by atoms with Crippen molar-refractivity contribution in [2.24, 2.45) is 0 Å². The first kappa shape index (κ1) is 16.5. The van der Waals surface area contributed by atoms with Gasteiger partial charge in [0.1, 0.15) is 0 Å². The van der Waals surface area contributed by atoms with E-state index >= 15 is 0 Å². The Morgan fingerprint density at radius 3 is 2.83 bits per heavy atom. The molecule has 128 valence electrons. The Labute approximate surface area is 137 Å². The van der Waals surface area contributed by atoms with Crippen LogP contribution in [0.2, 0.25) is 0 Å². The van der Waals surface area contributed by atoms with E-state index in [1.165, 1.54) is 29.1 Å². The average Bonchev–Trinajstić information content (AvgIpc) is 3.24. The Kier molecular flexibility index (Phi) is 4.31. The van der Waals surface area contributed by atoms with E-state index in [1.807, 2.05) is 0 Å². The number of benzene rings is 1. The summed E-state index contributed by atoms with van der Waals surface area (Å²) in [7, 11) is 1.71. The van der Waals surface area contributed by atoms with Gasteiger partial charge in [-0.3, -0.25) is 4.79 Å². The van der Waals surface area contributed by atoms with Crippen molar-refractivity contribution >= 4 is 5.91 Å². The number of likely N-dealkylation sites (N-methyl/N-ethyl adjacent to an activating group) is 1. The molecule has 1 fully saturated rings. The monoisotopic (exact) mass is 338 g/mol. The third-order valence-corrected chi connectivity index (χ3v) is 4.15. The summed E-state index contributed by atoms with van der Waals surface area (Å²) >= 11 is 0. The molecule has 1 aromatic carbocycles. The van der Waals surface area contributed by atoms with Crippen LogP contribution in [0.1, 0.15) is 22.5 Å². The second-order valence-electron chi connectivity index (χ2n) is 5.76. The molecule has 0 saturated carbocycles. The summed E-state index contributed by atoms with van der Waals surface area (Å²) in [6.07, 6.45) is -2.06. The molecule has 1 amide bonds. The first-order valence-electron chi connectivity index (χ1n) is 7.57. The number of amides is 1. The van der Waals surface area contributed by atoms with Crippen molar-refractivity contribution in [1.82, 2.24) is 20.0 Å². The normalized spacial score (nSPS) is 17.9. The number of nitrogens with zero attached hydrogens (tertiary/aromatic N) is 3. The average molecular weight is 338 g/mol. The van der Waals surface area contributed by atoms with Crippen LogP contribution in [0.15, 0.2) is 36.5 Å². The minimum absolute atomic E-state index is 0.108. The zero-order valence-electron chi connectivity index (χ0n) is 13.0. The van der Waals surface area contributed by atoms with Gasteiger partial charge in [-0.25, -0.2) is 4.68 Å². The smallest absolute Gasteiger partial charge is 0.336 e. The van der Waals surface area contributed by atoms with Crippen LogP contribution in [0.25, 0.3) is 5.69 Å². The molecule has 1 atom stereocenters. The van der Waals surface area contributed by atoms with Crippen molar-refractivity contribution in [3.05, 3.63) is 47.8 Å². The molecule has 1 aliphatic heterocycles. The maximum absolute atomic E-state index is 12.8. The molecule has 0 spiro atoms. The SMILES string of the molecule is CN(C(=O)c1ccn(-c2cccc(C(F)(F)F)c2)n1)C1CCNC1. The van der Waals surface area contributed by atoms with Gasteiger partial charge >= 0.3 is 6.18 Å². The Morgan fingerprint density at radius 2 is 2.17 bits per heavy atom. The maximum atomic E-state index is 12.8. The molecule has 1 aromatic heterocycles. The fourth-order valence-electron chi connectivity index (χ4n) is 2.72. The molecule has 0 aliphatic carbocycles. The first-order valence-corrected chi connectivity index (χ1v) is 7.57. The molecule has 1 aliphatic rings. The van der Waals surface area contributed by atoms with Crippen molar-refractivity contribution in [3.63, 3.8) is 0 Å². The molecule has 3 rings (SSSR count). The van der Waals surface area contributed by atoms with Gasteiger partial charge in [0.25, 0.3) is 5.91 Å². The third-order valence-electron chi connectivity index (χ3n) is 4.15. The first-order chi connectivity index (χ1) is 11.4. The number of rotatable bonds is 3. The van der Waals surface area contributed by atoms with Gasteiger partial charge in [0.05, 0.1) is 11.3 Å². The van der Waals surface area contributed by atoms with Gasteiger partial charge in [-0.1, -0.05) is 6.07 Å². The highest BCUT2D eigenvalue weighted by Gasteiger charge is 2.30. The molecular weight excluding hydrogens is 321 g/mol. The molecule has 24 heavy (non-hydrogen) atoms. The minimum atomic E-state index is -4.42. The predicted octanol–water partition coefficient (Wildman–Crippen LogP) is 2.32. The van der Waals surface area contributed by atoms with Crippen LogP contribution in [0, 0.1) is 0 Å². The standard InChI is InChI=1S/C16H17F3N4O/c1-22(13-5-7-20-10-13)15(24)14-6-8-23(21-14)12-4-2-3-11(9-12)16(17,18)19/h2-4,6,8-9,13,20H,5,7,10H2,1H3. The number of hydrogen-bond donors (Lipinski definition) is 1. The van der Waals surface area contributed by atoms with E-state index in [0.29, 0.717) is 0 Å². The van der Waals surface area contributed by atoms with E-state index in [4.69, 9.17) is 0 Å². The number of carbonyl (C=O) groups is 1. The largest absolute Gasteiger partial charge is 0.416 e. The van der Waals surface area contributed by atoms with Crippen molar-refractivity contribution in [1.29, 1.82) is 0 Å². The number of nitrogens with one attached hydrogen (secondary N) is 1. The minimum Gasteiger partial charge on any atom is -0.336 e. The van der Waals surface area contributed by atoms with Gasteiger partial charge in [0.15, 0.2) is 5.69 Å². The lowest BCUT2D eigenvalue weighted by Gasteiger charge is -2.22. The molecule has 2 aromatic rings. The molecule has 5 nitrogen and oxygen atoms in total. The second kappa shape index (κ2) is 6.27. The Hall–Kier alpha value is -2.35. The summed E-state index contributed by atoms with van der Waals surface area (Å²) in [5.41, 5.74) is -0.284. The highest BCUT2D eigenvalue weighted by molar-refractivity contribution is 5.92. The lowest BCUT2D eigenvalue weighted by molar-refractivity contribution is -0.137. The summed E-state index contributed by atoms with van der Waals surface area (Å²) in [4.78, 5) is 14.1. The van der Waals surface area contributed by atoms with Crippen LogP contribution in [0.5, 0.6) is 0 Å². The highest BCUT2D eigenvalue weighted by atomic mass is 19.4. The Bertz CT molecular complexity index is 735. The van der Waals surface area contributed by atoms with Gasteiger partial charge in [-0.15, -0.1) is 0 Å². The van der Waals surface area contributed by atoms with E-state index in [2.05, 4.69) is 10.4 Å². The van der Waals surface area contributed by atoms with Crippen LogP contribution in [-0.4, -0.2) is 46.8 Å². The van der Waals surface area contributed by atoms with Crippen LogP contribution in [0.4, 0.5) is 13.2 Å². The maximum Gasteiger partial charge on any atom is 0.416 e. The summed E-state index contributed by atoms with van der Waals surface area (Å²) < 4.78 is 39.7. The lowest BCUT2D eigenvalue weighted by Crippen LogP contribution is -2.38. The lowest BCUT2D eigenvalue weighted by atomic mass is 10.2. The van der Waals surface area contributed by atoms with Gasteiger partial charge in [-0.2, -0.15) is 18.3 Å². The highest BCUT2D eigenvalue weighted by Crippen LogP contribution is 2.30. The Balaban J connectivity index is 1.81. The number of aromatic nitrogens is 2. The molecule has 2 heterocycles. The van der Waals surface area contributed by atoms with E-state index in [1.54, 1.807) is 11.9 Å². The van der Waals surface area contributed by atoms with Gasteiger partial charge < -0.3 is 10.2 Å². The second-order valence-corrected chi connectivity index (χ2v) is 5.76. The summed E-state index contributed by atoms with van der Waals surface area (Å²) in [5, 5.41) is 7.32. The summed E-state index contributed by atoms with van der Waals surface area (Å²) in [5.74, 6) is -0.241. The zero-order valence-corrected chi connectivity index (χ0v) is 13.0. The Morgan fingerprint density at radius 1 is 1.38 bits per heavy atom. The quantitative estimate of drug-likeness (QED) is 0.934. The predicted molar refractivity (Wildman–Crippen MR) is 81.9 cm³/mol. The van der Waals surface area contributed by atoms with E-state index < -0.39 is 11.7 Å². The van der Waals surface area contributed by atoms with Gasteiger partial charge in [-0.05, 0) is 37.2 Å². The molecule has 1 unspecified atom stereocenters. The topological polar surface area (TPSA) is 50.2 Å². The van der Waals surface area contributed by atoms with Crippen molar-refractivity contribution in [2.45, 2.75) is 18.6 Å². The molecular formula is C16H17F3N4O. The van der Waals surface area contributed by atoms with Gasteiger partial charge in [0, 0.05) is 25.8 Å². The molecule has 1 saturated heterocycles. The van der Waals surface area contributed by atoms with Crippen molar-refractivity contribution in [2.75, 3.05) is 20.1 Å². The molecule has 8 heteroatoms. The molecule has 0 bridgehead atoms. The number of halogens is 3. The number of carbonyl (C=O) groups excluding carboxylic acids is 1. The fraction of sp³-hybridized carbons (Fsp3) is 0.375. The summed E-state index contributed by atoms with van der Waals surface area (Å²) in [6, 6.07) is 6.46. The van der Waals surface area contributed by atoms with Crippen LogP contribution < -0.4 is 5.32 Å². The number of alkyl halides is 3. The van der Waals surface area contributed by atoms with Gasteiger partial charge in [0.2, 0.25) is 0 Å². The number of hydrogen-bond acceptors (Lipinski definition) is 3. The zero-order chi connectivity index (χ0) is 17.3. The fourth-order valence-corrected chi connectivity index (χ4v) is 2.72. The molecule has 1 N–H and O–H groups in total. The van der Waals surface area contributed by atoms with Crippen molar-refractivity contribution in [3.8, 4) is 5.69 Å². The third kappa shape index (κ3) is 3.28. The van der Waals surface area contributed by atoms with Crippen LogP contribution in [-0.2, 0) is 6.18 Å². The van der Waals surface area contributed by atoms with E-state index in [-0.39, 0.29) is 23.3 Å². The molecule has 0 radical (unpaired) electrons. The van der Waals surface area contributed by atoms with E-state index in [9.17, 15) is 18.0 Å². The summed E-state index contributed by atoms with van der Waals surface area (Å²) in [6.45, 7) is 1.59.